The first-order valence-corrected chi connectivity index (χ1v) is 9.00. The standard InChI is InChI=1S/C21H22ClNO6/c1-13(21(25)23-16-12-15(22)7-9-17(16)26-2)29-20(24)10-6-14-5-8-18(27-3)19(11-14)28-4/h5-13H,1-4H3,(H,23,25)/b10-6+/t13-/m0/s1. The Bertz CT molecular complexity index is 912. The van der Waals surface area contributed by atoms with Crippen LogP contribution < -0.4 is 19.5 Å². The molecule has 0 aliphatic carbocycles. The molecule has 0 aliphatic heterocycles. The Morgan fingerprint density at radius 2 is 1.62 bits per heavy atom. The van der Waals surface area contributed by atoms with Gasteiger partial charge in [0.1, 0.15) is 5.75 Å². The molecule has 1 atom stereocenters. The zero-order valence-electron chi connectivity index (χ0n) is 16.5. The summed E-state index contributed by atoms with van der Waals surface area (Å²) in [4.78, 5) is 24.4. The van der Waals surface area contributed by atoms with Crippen molar-refractivity contribution in [1.29, 1.82) is 0 Å². The van der Waals surface area contributed by atoms with Gasteiger partial charge in [0.05, 0.1) is 27.0 Å². The first kappa shape index (κ1) is 22.1. The molecule has 7 nitrogen and oxygen atoms in total. The van der Waals surface area contributed by atoms with E-state index in [1.54, 1.807) is 42.5 Å². The maximum absolute atomic E-state index is 12.3. The van der Waals surface area contributed by atoms with Crippen LogP contribution in [0, 0.1) is 0 Å². The van der Waals surface area contributed by atoms with Gasteiger partial charge in [-0.2, -0.15) is 0 Å². The highest BCUT2D eigenvalue weighted by atomic mass is 35.5. The third kappa shape index (κ3) is 6.15. The number of halogens is 1. The van der Waals surface area contributed by atoms with Gasteiger partial charge in [-0.15, -0.1) is 0 Å². The Morgan fingerprint density at radius 1 is 0.966 bits per heavy atom. The summed E-state index contributed by atoms with van der Waals surface area (Å²) in [5.41, 5.74) is 1.09. The van der Waals surface area contributed by atoms with Crippen molar-refractivity contribution >= 4 is 35.2 Å². The molecule has 2 aromatic rings. The van der Waals surface area contributed by atoms with Crippen molar-refractivity contribution in [3.8, 4) is 17.2 Å². The molecule has 0 aliphatic rings. The van der Waals surface area contributed by atoms with Crippen molar-refractivity contribution in [3.63, 3.8) is 0 Å². The van der Waals surface area contributed by atoms with Crippen molar-refractivity contribution in [1.82, 2.24) is 0 Å². The highest BCUT2D eigenvalue weighted by Crippen LogP contribution is 2.29. The summed E-state index contributed by atoms with van der Waals surface area (Å²) >= 11 is 5.94. The second kappa shape index (κ2) is 10.4. The van der Waals surface area contributed by atoms with Crippen molar-refractivity contribution < 1.29 is 28.5 Å². The minimum absolute atomic E-state index is 0.383. The van der Waals surface area contributed by atoms with E-state index < -0.39 is 18.0 Å². The summed E-state index contributed by atoms with van der Waals surface area (Å²) in [6.07, 6.45) is 1.75. The van der Waals surface area contributed by atoms with E-state index in [1.165, 1.54) is 34.3 Å². The van der Waals surface area contributed by atoms with Gasteiger partial charge in [-0.25, -0.2) is 4.79 Å². The smallest absolute Gasteiger partial charge is 0.331 e. The maximum Gasteiger partial charge on any atom is 0.331 e. The van der Waals surface area contributed by atoms with Gasteiger partial charge in [-0.05, 0) is 48.9 Å². The van der Waals surface area contributed by atoms with Crippen LogP contribution in [-0.4, -0.2) is 39.3 Å². The largest absolute Gasteiger partial charge is 0.495 e. The van der Waals surface area contributed by atoms with Gasteiger partial charge in [0.2, 0.25) is 0 Å². The van der Waals surface area contributed by atoms with E-state index >= 15 is 0 Å². The molecule has 0 bridgehead atoms. The molecule has 0 aromatic heterocycles. The minimum Gasteiger partial charge on any atom is -0.495 e. The summed E-state index contributed by atoms with van der Waals surface area (Å²) in [6.45, 7) is 1.47. The molecule has 2 aromatic carbocycles. The van der Waals surface area contributed by atoms with E-state index in [1.807, 2.05) is 0 Å². The molecule has 1 amide bonds. The fourth-order valence-electron chi connectivity index (χ4n) is 2.40. The number of benzene rings is 2. The van der Waals surface area contributed by atoms with Gasteiger partial charge >= 0.3 is 5.97 Å². The molecule has 8 heteroatoms. The number of ether oxygens (including phenoxy) is 4. The van der Waals surface area contributed by atoms with Crippen molar-refractivity contribution in [2.24, 2.45) is 0 Å². The SMILES string of the molecule is COc1ccc(Cl)cc1NC(=O)[C@H](C)OC(=O)/C=C/c1ccc(OC)c(OC)c1. The second-order valence-corrected chi connectivity index (χ2v) is 6.30. The number of methoxy groups -OCH3 is 3. The zero-order chi connectivity index (χ0) is 21.4. The second-order valence-electron chi connectivity index (χ2n) is 5.86. The number of rotatable bonds is 8. The lowest BCUT2D eigenvalue weighted by Crippen LogP contribution is -2.29. The number of amides is 1. The highest BCUT2D eigenvalue weighted by molar-refractivity contribution is 6.31. The van der Waals surface area contributed by atoms with Crippen LogP contribution in [0.3, 0.4) is 0 Å². The average Bonchev–Trinajstić information content (AvgIpc) is 2.72. The highest BCUT2D eigenvalue weighted by Gasteiger charge is 2.18. The average molecular weight is 420 g/mol. The monoisotopic (exact) mass is 419 g/mol. The van der Waals surface area contributed by atoms with E-state index in [9.17, 15) is 9.59 Å². The topological polar surface area (TPSA) is 83.1 Å². The summed E-state index contributed by atoms with van der Waals surface area (Å²) in [7, 11) is 4.53. The Balaban J connectivity index is 1.99. The van der Waals surface area contributed by atoms with Crippen LogP contribution in [0.15, 0.2) is 42.5 Å². The number of hydrogen-bond donors (Lipinski definition) is 1. The molecule has 29 heavy (non-hydrogen) atoms. The molecule has 0 radical (unpaired) electrons. The summed E-state index contributed by atoms with van der Waals surface area (Å²) < 4.78 is 20.7. The Hall–Kier alpha value is -3.19. The molecule has 0 heterocycles. The lowest BCUT2D eigenvalue weighted by atomic mass is 10.2. The Labute approximate surface area is 174 Å². The fraction of sp³-hybridized carbons (Fsp3) is 0.238. The maximum atomic E-state index is 12.3. The quantitative estimate of drug-likeness (QED) is 0.515. The van der Waals surface area contributed by atoms with Crippen LogP contribution in [0.25, 0.3) is 6.08 Å². The summed E-state index contributed by atoms with van der Waals surface area (Å²) in [6, 6.07) is 10.00. The number of nitrogens with one attached hydrogen (secondary N) is 1. The Morgan fingerprint density at radius 3 is 2.28 bits per heavy atom. The van der Waals surface area contributed by atoms with Crippen molar-refractivity contribution in [2.75, 3.05) is 26.6 Å². The molecule has 2 rings (SSSR count). The summed E-state index contributed by atoms with van der Waals surface area (Å²) in [5, 5.41) is 3.06. The van der Waals surface area contributed by atoms with Gasteiger partial charge in [-0.1, -0.05) is 17.7 Å². The van der Waals surface area contributed by atoms with Gasteiger partial charge in [-0.3, -0.25) is 4.79 Å². The predicted molar refractivity (Wildman–Crippen MR) is 111 cm³/mol. The normalized spacial score (nSPS) is 11.6. The fourth-order valence-corrected chi connectivity index (χ4v) is 2.57. The van der Waals surface area contributed by atoms with Crippen LogP contribution in [-0.2, 0) is 14.3 Å². The van der Waals surface area contributed by atoms with Crippen LogP contribution in [0.4, 0.5) is 5.69 Å². The molecule has 0 fully saturated rings. The number of carbonyl (C=O) groups excluding carboxylic acids is 2. The molecule has 0 spiro atoms. The van der Waals surface area contributed by atoms with E-state index in [0.29, 0.717) is 33.5 Å². The van der Waals surface area contributed by atoms with E-state index in [4.69, 9.17) is 30.5 Å². The van der Waals surface area contributed by atoms with Crippen molar-refractivity contribution in [2.45, 2.75) is 13.0 Å². The lowest BCUT2D eigenvalue weighted by molar-refractivity contribution is -0.148. The molecular weight excluding hydrogens is 398 g/mol. The zero-order valence-corrected chi connectivity index (χ0v) is 17.3. The first-order valence-electron chi connectivity index (χ1n) is 8.63. The predicted octanol–water partition coefficient (Wildman–Crippen LogP) is 3.95. The van der Waals surface area contributed by atoms with Gasteiger partial charge in [0, 0.05) is 11.1 Å². The number of esters is 1. The molecular formula is C21H22ClNO6. The van der Waals surface area contributed by atoms with E-state index in [0.717, 1.165) is 0 Å². The summed E-state index contributed by atoms with van der Waals surface area (Å²) in [5.74, 6) is 0.369. The van der Waals surface area contributed by atoms with Gasteiger partial charge < -0.3 is 24.3 Å². The number of hydrogen-bond acceptors (Lipinski definition) is 6. The third-order valence-corrected chi connectivity index (χ3v) is 4.14. The van der Waals surface area contributed by atoms with Gasteiger partial charge in [0.15, 0.2) is 17.6 Å². The molecule has 0 saturated heterocycles. The molecule has 1 N–H and O–H groups in total. The van der Waals surface area contributed by atoms with E-state index in [-0.39, 0.29) is 0 Å². The minimum atomic E-state index is -1.03. The molecule has 0 saturated carbocycles. The van der Waals surface area contributed by atoms with Crippen LogP contribution in [0.5, 0.6) is 17.2 Å². The third-order valence-electron chi connectivity index (χ3n) is 3.90. The van der Waals surface area contributed by atoms with Crippen LogP contribution in [0.2, 0.25) is 5.02 Å². The first-order chi connectivity index (χ1) is 13.9. The number of anilines is 1. The van der Waals surface area contributed by atoms with E-state index in [2.05, 4.69) is 5.32 Å². The molecule has 154 valence electrons. The lowest BCUT2D eigenvalue weighted by Gasteiger charge is -2.14. The van der Waals surface area contributed by atoms with Crippen molar-refractivity contribution in [3.05, 3.63) is 53.1 Å². The van der Waals surface area contributed by atoms with Gasteiger partial charge in [0.25, 0.3) is 5.91 Å². The van der Waals surface area contributed by atoms with Crippen LogP contribution in [0.1, 0.15) is 12.5 Å². The molecule has 0 unspecified atom stereocenters. The number of carbonyl (C=O) groups is 2. The van der Waals surface area contributed by atoms with Crippen LogP contribution >= 0.6 is 11.6 Å². The Kier molecular flexibility index (Phi) is 7.91.